The van der Waals surface area contributed by atoms with Crippen LogP contribution in [0.3, 0.4) is 0 Å². The molecule has 3 N–H and O–H groups in total. The van der Waals surface area contributed by atoms with Gasteiger partial charge in [-0.15, -0.1) is 0 Å². The second-order valence-corrected chi connectivity index (χ2v) is 6.35. The number of benzene rings is 1. The van der Waals surface area contributed by atoms with Crippen LogP contribution in [-0.2, 0) is 6.42 Å². The first-order chi connectivity index (χ1) is 8.94. The number of aryl methyl sites for hydroxylation is 1. The summed E-state index contributed by atoms with van der Waals surface area (Å²) in [4.78, 5) is 0. The molecule has 0 heterocycles. The molecule has 0 aliphatic heterocycles. The van der Waals surface area contributed by atoms with Gasteiger partial charge in [0.1, 0.15) is 5.75 Å². The van der Waals surface area contributed by atoms with Crippen LogP contribution in [0.15, 0.2) is 24.3 Å². The standard InChI is InChI=1S/C16H28N2O/c1-16(2,3)12-11-14(18-17)8-5-13-6-9-15(19-4)10-7-13/h6-7,9-10,14,18H,5,8,11-12,17H2,1-4H3. The summed E-state index contributed by atoms with van der Waals surface area (Å²) in [6.07, 6.45) is 4.42. The Balaban J connectivity index is 2.39. The van der Waals surface area contributed by atoms with Crippen molar-refractivity contribution in [1.82, 2.24) is 5.43 Å². The molecular weight excluding hydrogens is 236 g/mol. The van der Waals surface area contributed by atoms with E-state index >= 15 is 0 Å². The number of ether oxygens (including phenoxy) is 1. The van der Waals surface area contributed by atoms with Crippen LogP contribution in [0.1, 0.15) is 45.6 Å². The fourth-order valence-electron chi connectivity index (χ4n) is 2.05. The largest absolute Gasteiger partial charge is 0.497 e. The highest BCUT2D eigenvalue weighted by atomic mass is 16.5. The Kier molecular flexibility index (Phi) is 6.32. The summed E-state index contributed by atoms with van der Waals surface area (Å²) in [7, 11) is 1.69. The summed E-state index contributed by atoms with van der Waals surface area (Å²) in [5.74, 6) is 6.55. The van der Waals surface area contributed by atoms with E-state index in [9.17, 15) is 0 Å². The third kappa shape index (κ3) is 6.60. The van der Waals surface area contributed by atoms with Gasteiger partial charge in [0, 0.05) is 6.04 Å². The Morgan fingerprint density at radius 2 is 1.79 bits per heavy atom. The molecule has 1 aromatic rings. The Morgan fingerprint density at radius 3 is 2.26 bits per heavy atom. The number of hydrogen-bond donors (Lipinski definition) is 2. The number of hydrogen-bond acceptors (Lipinski definition) is 3. The first kappa shape index (κ1) is 16.0. The molecule has 0 fully saturated rings. The minimum absolute atomic E-state index is 0.370. The lowest BCUT2D eigenvalue weighted by atomic mass is 9.87. The molecule has 19 heavy (non-hydrogen) atoms. The van der Waals surface area contributed by atoms with Gasteiger partial charge < -0.3 is 4.74 Å². The van der Waals surface area contributed by atoms with Gasteiger partial charge in [-0.25, -0.2) is 0 Å². The van der Waals surface area contributed by atoms with Crippen molar-refractivity contribution in [3.8, 4) is 5.75 Å². The minimum Gasteiger partial charge on any atom is -0.497 e. The van der Waals surface area contributed by atoms with Crippen LogP contribution in [0.2, 0.25) is 0 Å². The zero-order valence-electron chi connectivity index (χ0n) is 12.7. The lowest BCUT2D eigenvalue weighted by molar-refractivity contribution is 0.324. The van der Waals surface area contributed by atoms with Crippen molar-refractivity contribution >= 4 is 0 Å². The van der Waals surface area contributed by atoms with Crippen LogP contribution in [0.5, 0.6) is 5.75 Å². The molecule has 1 aromatic carbocycles. The summed E-state index contributed by atoms with van der Waals surface area (Å²) >= 11 is 0. The van der Waals surface area contributed by atoms with Crippen molar-refractivity contribution in [2.24, 2.45) is 11.3 Å². The molecule has 0 aliphatic carbocycles. The van der Waals surface area contributed by atoms with Gasteiger partial charge in [-0.1, -0.05) is 32.9 Å². The first-order valence-corrected chi connectivity index (χ1v) is 7.03. The highest BCUT2D eigenvalue weighted by molar-refractivity contribution is 5.27. The van der Waals surface area contributed by atoms with E-state index in [2.05, 4.69) is 38.3 Å². The molecule has 0 spiro atoms. The molecular formula is C16H28N2O. The SMILES string of the molecule is COc1ccc(CCC(CCC(C)(C)C)NN)cc1. The van der Waals surface area contributed by atoms with Gasteiger partial charge in [-0.2, -0.15) is 0 Å². The average Bonchev–Trinajstić information content (AvgIpc) is 2.38. The number of nitrogens with one attached hydrogen (secondary N) is 1. The van der Waals surface area contributed by atoms with Gasteiger partial charge in [0.15, 0.2) is 0 Å². The normalized spacial score (nSPS) is 13.3. The van der Waals surface area contributed by atoms with E-state index in [0.29, 0.717) is 11.5 Å². The summed E-state index contributed by atoms with van der Waals surface area (Å²) in [5, 5.41) is 0. The summed E-state index contributed by atoms with van der Waals surface area (Å²) in [6, 6.07) is 8.65. The van der Waals surface area contributed by atoms with Crippen molar-refractivity contribution in [1.29, 1.82) is 0 Å². The Bertz CT molecular complexity index is 354. The predicted octanol–water partition coefficient (Wildman–Crippen LogP) is 3.29. The number of hydrazine groups is 1. The zero-order valence-corrected chi connectivity index (χ0v) is 12.7. The minimum atomic E-state index is 0.370. The van der Waals surface area contributed by atoms with E-state index in [1.807, 2.05) is 12.1 Å². The number of rotatable bonds is 7. The van der Waals surface area contributed by atoms with E-state index < -0.39 is 0 Å². The van der Waals surface area contributed by atoms with Crippen molar-refractivity contribution in [2.75, 3.05) is 7.11 Å². The quantitative estimate of drug-likeness (QED) is 0.587. The third-order valence-corrected chi connectivity index (χ3v) is 3.42. The maximum Gasteiger partial charge on any atom is 0.118 e. The molecule has 3 heteroatoms. The lowest BCUT2D eigenvalue weighted by Gasteiger charge is -2.22. The fourth-order valence-corrected chi connectivity index (χ4v) is 2.05. The van der Waals surface area contributed by atoms with Gasteiger partial charge >= 0.3 is 0 Å². The molecule has 0 aliphatic rings. The molecule has 0 amide bonds. The molecule has 1 atom stereocenters. The fraction of sp³-hybridized carbons (Fsp3) is 0.625. The second-order valence-electron chi connectivity index (χ2n) is 6.35. The predicted molar refractivity (Wildman–Crippen MR) is 81.1 cm³/mol. The Hall–Kier alpha value is -1.06. The van der Waals surface area contributed by atoms with E-state index in [1.165, 1.54) is 12.0 Å². The molecule has 3 nitrogen and oxygen atoms in total. The van der Waals surface area contributed by atoms with Crippen molar-refractivity contribution in [3.05, 3.63) is 29.8 Å². The molecule has 108 valence electrons. The molecule has 0 bridgehead atoms. The van der Waals surface area contributed by atoms with Gasteiger partial charge in [-0.05, 0) is 48.8 Å². The van der Waals surface area contributed by atoms with Gasteiger partial charge in [0.25, 0.3) is 0 Å². The molecule has 0 aromatic heterocycles. The molecule has 1 rings (SSSR count). The van der Waals surface area contributed by atoms with Crippen LogP contribution >= 0.6 is 0 Å². The lowest BCUT2D eigenvalue weighted by Crippen LogP contribution is -2.36. The topological polar surface area (TPSA) is 47.3 Å². The van der Waals surface area contributed by atoms with Crippen molar-refractivity contribution in [3.63, 3.8) is 0 Å². The molecule has 1 unspecified atom stereocenters. The summed E-state index contributed by atoms with van der Waals surface area (Å²) < 4.78 is 5.16. The average molecular weight is 264 g/mol. The molecule has 0 saturated carbocycles. The van der Waals surface area contributed by atoms with Crippen LogP contribution in [0.4, 0.5) is 0 Å². The monoisotopic (exact) mass is 264 g/mol. The van der Waals surface area contributed by atoms with Gasteiger partial charge in [-0.3, -0.25) is 11.3 Å². The van der Waals surface area contributed by atoms with E-state index in [-0.39, 0.29) is 0 Å². The van der Waals surface area contributed by atoms with E-state index in [1.54, 1.807) is 7.11 Å². The second kappa shape index (κ2) is 7.51. The maximum atomic E-state index is 5.64. The summed E-state index contributed by atoms with van der Waals surface area (Å²) in [5.41, 5.74) is 4.64. The van der Waals surface area contributed by atoms with Crippen molar-refractivity contribution < 1.29 is 4.74 Å². The van der Waals surface area contributed by atoms with Crippen molar-refractivity contribution in [2.45, 2.75) is 52.5 Å². The zero-order chi connectivity index (χ0) is 14.3. The third-order valence-electron chi connectivity index (χ3n) is 3.42. The molecule has 0 saturated heterocycles. The van der Waals surface area contributed by atoms with E-state index in [0.717, 1.165) is 25.0 Å². The van der Waals surface area contributed by atoms with Crippen LogP contribution in [0.25, 0.3) is 0 Å². The van der Waals surface area contributed by atoms with Gasteiger partial charge in [0.2, 0.25) is 0 Å². The van der Waals surface area contributed by atoms with Crippen LogP contribution in [-0.4, -0.2) is 13.2 Å². The first-order valence-electron chi connectivity index (χ1n) is 7.03. The summed E-state index contributed by atoms with van der Waals surface area (Å²) in [6.45, 7) is 6.80. The Morgan fingerprint density at radius 1 is 1.16 bits per heavy atom. The van der Waals surface area contributed by atoms with Crippen LogP contribution < -0.4 is 16.0 Å². The van der Waals surface area contributed by atoms with Crippen LogP contribution in [0, 0.1) is 5.41 Å². The number of methoxy groups -OCH3 is 1. The van der Waals surface area contributed by atoms with E-state index in [4.69, 9.17) is 10.6 Å². The Labute approximate surface area is 117 Å². The molecule has 0 radical (unpaired) electrons. The number of nitrogens with two attached hydrogens (primary N) is 1. The highest BCUT2D eigenvalue weighted by Gasteiger charge is 2.14. The smallest absolute Gasteiger partial charge is 0.118 e. The maximum absolute atomic E-state index is 5.64. The highest BCUT2D eigenvalue weighted by Crippen LogP contribution is 2.22. The van der Waals surface area contributed by atoms with Gasteiger partial charge in [0.05, 0.1) is 7.11 Å².